The van der Waals surface area contributed by atoms with Gasteiger partial charge in [-0.25, -0.2) is 0 Å². The lowest BCUT2D eigenvalue weighted by atomic mass is 10.0. The molecule has 0 aromatic heterocycles. The van der Waals surface area contributed by atoms with Crippen molar-refractivity contribution in [1.82, 2.24) is 15.1 Å². The Morgan fingerprint density at radius 2 is 2.11 bits per heavy atom. The molecule has 1 heterocycles. The summed E-state index contributed by atoms with van der Waals surface area (Å²) in [5.74, 6) is 2.95. The predicted molar refractivity (Wildman–Crippen MR) is 74.2 cm³/mol. The number of hydrogen-bond acceptors (Lipinski definition) is 3. The summed E-state index contributed by atoms with van der Waals surface area (Å²) < 4.78 is 0. The topological polar surface area (TPSA) is 35.6 Å². The minimum Gasteiger partial charge on any atom is -0.348 e. The Balaban J connectivity index is 2.29. The molecular weight excluding hydrogens is 226 g/mol. The first-order valence-electron chi connectivity index (χ1n) is 6.71. The second-order valence-electron chi connectivity index (χ2n) is 5.13. The molecule has 1 amide bonds. The molecule has 4 heteroatoms. The molecule has 1 aliphatic heterocycles. The molecule has 1 fully saturated rings. The van der Waals surface area contributed by atoms with E-state index in [1.54, 1.807) is 19.0 Å². The molecular formula is C14H25N3O. The van der Waals surface area contributed by atoms with Crippen LogP contribution < -0.4 is 5.32 Å². The van der Waals surface area contributed by atoms with Crippen molar-refractivity contribution in [3.63, 3.8) is 0 Å². The van der Waals surface area contributed by atoms with Crippen LogP contribution in [0, 0.1) is 12.3 Å². The Kier molecular flexibility index (Phi) is 6.17. The third kappa shape index (κ3) is 4.67. The fourth-order valence-electron chi connectivity index (χ4n) is 2.16. The number of amides is 1. The zero-order chi connectivity index (χ0) is 13.5. The van der Waals surface area contributed by atoms with Crippen molar-refractivity contribution in [2.45, 2.75) is 38.3 Å². The first-order valence-corrected chi connectivity index (χ1v) is 6.71. The molecule has 18 heavy (non-hydrogen) atoms. The molecule has 0 spiro atoms. The van der Waals surface area contributed by atoms with Gasteiger partial charge in [0, 0.05) is 33.2 Å². The van der Waals surface area contributed by atoms with Crippen molar-refractivity contribution < 1.29 is 4.79 Å². The summed E-state index contributed by atoms with van der Waals surface area (Å²) in [4.78, 5) is 15.5. The number of likely N-dealkylation sites (N-methyl/N-ethyl adjacent to an activating group) is 1. The van der Waals surface area contributed by atoms with Gasteiger partial charge in [0.05, 0.1) is 12.6 Å². The molecule has 0 aliphatic carbocycles. The summed E-state index contributed by atoms with van der Waals surface area (Å²) in [6.45, 7) is 4.57. The Bertz CT molecular complexity index is 301. The highest BCUT2D eigenvalue weighted by molar-refractivity contribution is 5.77. The fourth-order valence-corrected chi connectivity index (χ4v) is 2.16. The van der Waals surface area contributed by atoms with Gasteiger partial charge in [-0.1, -0.05) is 12.8 Å². The van der Waals surface area contributed by atoms with Crippen LogP contribution >= 0.6 is 0 Å². The SMILES string of the molecule is C#CC(CC)NC1CCN(CC(=O)N(C)C)CC1. The van der Waals surface area contributed by atoms with Crippen molar-refractivity contribution in [1.29, 1.82) is 0 Å². The van der Waals surface area contributed by atoms with Gasteiger partial charge in [-0.05, 0) is 19.3 Å². The average Bonchev–Trinajstić information content (AvgIpc) is 2.37. The van der Waals surface area contributed by atoms with E-state index >= 15 is 0 Å². The number of nitrogens with one attached hydrogen (secondary N) is 1. The van der Waals surface area contributed by atoms with Crippen molar-refractivity contribution in [2.75, 3.05) is 33.7 Å². The summed E-state index contributed by atoms with van der Waals surface area (Å²) in [7, 11) is 3.60. The van der Waals surface area contributed by atoms with Crippen LogP contribution in [0.1, 0.15) is 26.2 Å². The maximum atomic E-state index is 11.6. The number of carbonyl (C=O) groups excluding carboxylic acids is 1. The van der Waals surface area contributed by atoms with E-state index in [0.29, 0.717) is 12.6 Å². The molecule has 4 nitrogen and oxygen atoms in total. The summed E-state index contributed by atoms with van der Waals surface area (Å²) in [6, 6.07) is 0.682. The van der Waals surface area contributed by atoms with Crippen LogP contribution in [0.5, 0.6) is 0 Å². The zero-order valence-electron chi connectivity index (χ0n) is 11.8. The maximum Gasteiger partial charge on any atom is 0.236 e. The van der Waals surface area contributed by atoms with Crippen LogP contribution in [-0.2, 0) is 4.79 Å². The number of piperidine rings is 1. The van der Waals surface area contributed by atoms with Crippen molar-refractivity contribution in [2.24, 2.45) is 0 Å². The Labute approximate surface area is 111 Å². The molecule has 1 saturated heterocycles. The molecule has 0 bridgehead atoms. The van der Waals surface area contributed by atoms with Gasteiger partial charge < -0.3 is 10.2 Å². The van der Waals surface area contributed by atoms with Gasteiger partial charge in [-0.3, -0.25) is 9.69 Å². The van der Waals surface area contributed by atoms with Crippen LogP contribution in [-0.4, -0.2) is 61.5 Å². The van der Waals surface area contributed by atoms with Gasteiger partial charge in [0.15, 0.2) is 0 Å². The highest BCUT2D eigenvalue weighted by atomic mass is 16.2. The Hall–Kier alpha value is -1.05. The third-order valence-electron chi connectivity index (χ3n) is 3.49. The molecule has 1 N–H and O–H groups in total. The molecule has 0 radical (unpaired) electrons. The smallest absolute Gasteiger partial charge is 0.236 e. The lowest BCUT2D eigenvalue weighted by molar-refractivity contribution is -0.130. The normalized spacial score (nSPS) is 19.2. The van der Waals surface area contributed by atoms with E-state index in [-0.39, 0.29) is 11.9 Å². The number of carbonyl (C=O) groups is 1. The van der Waals surface area contributed by atoms with Gasteiger partial charge in [-0.15, -0.1) is 6.42 Å². The number of rotatable bonds is 5. The number of hydrogen-bond donors (Lipinski definition) is 1. The maximum absolute atomic E-state index is 11.6. The van der Waals surface area contributed by atoms with E-state index in [2.05, 4.69) is 23.1 Å². The van der Waals surface area contributed by atoms with Crippen LogP contribution in [0.15, 0.2) is 0 Å². The van der Waals surface area contributed by atoms with Crippen LogP contribution in [0.2, 0.25) is 0 Å². The van der Waals surface area contributed by atoms with Gasteiger partial charge in [-0.2, -0.15) is 0 Å². The van der Waals surface area contributed by atoms with E-state index in [4.69, 9.17) is 6.42 Å². The zero-order valence-corrected chi connectivity index (χ0v) is 11.8. The standard InChI is InChI=1S/C14H25N3O/c1-5-12(6-2)15-13-7-9-17(10-8-13)11-14(18)16(3)4/h1,12-13,15H,6-11H2,2-4H3. The molecule has 1 unspecified atom stereocenters. The highest BCUT2D eigenvalue weighted by Gasteiger charge is 2.22. The average molecular weight is 251 g/mol. The fraction of sp³-hybridized carbons (Fsp3) is 0.786. The van der Waals surface area contributed by atoms with Gasteiger partial charge in [0.2, 0.25) is 5.91 Å². The second kappa shape index (κ2) is 7.40. The van der Waals surface area contributed by atoms with E-state index in [9.17, 15) is 4.79 Å². The van der Waals surface area contributed by atoms with Crippen LogP contribution in [0.4, 0.5) is 0 Å². The molecule has 1 aliphatic rings. The van der Waals surface area contributed by atoms with Crippen molar-refractivity contribution >= 4 is 5.91 Å². The van der Waals surface area contributed by atoms with Crippen molar-refractivity contribution in [3.05, 3.63) is 0 Å². The number of terminal acetylenes is 1. The monoisotopic (exact) mass is 251 g/mol. The summed E-state index contributed by atoms with van der Waals surface area (Å²) in [5.41, 5.74) is 0. The van der Waals surface area contributed by atoms with Gasteiger partial charge in [0.1, 0.15) is 0 Å². The summed E-state index contributed by atoms with van der Waals surface area (Å²) >= 11 is 0. The number of nitrogens with zero attached hydrogens (tertiary/aromatic N) is 2. The molecule has 1 rings (SSSR count). The Morgan fingerprint density at radius 1 is 1.50 bits per heavy atom. The molecule has 0 aromatic rings. The second-order valence-corrected chi connectivity index (χ2v) is 5.13. The Morgan fingerprint density at radius 3 is 2.56 bits per heavy atom. The lowest BCUT2D eigenvalue weighted by Crippen LogP contribution is -2.47. The predicted octanol–water partition coefficient (Wildman–Crippen LogP) is 0.540. The van der Waals surface area contributed by atoms with E-state index in [1.807, 2.05) is 0 Å². The molecule has 0 aromatic carbocycles. The van der Waals surface area contributed by atoms with Crippen LogP contribution in [0.3, 0.4) is 0 Å². The number of likely N-dealkylation sites (tertiary alicyclic amines) is 1. The first kappa shape index (κ1) is 15.0. The minimum absolute atomic E-state index is 0.177. The summed E-state index contributed by atoms with van der Waals surface area (Å²) in [5, 5.41) is 3.49. The van der Waals surface area contributed by atoms with E-state index in [0.717, 1.165) is 32.4 Å². The minimum atomic E-state index is 0.177. The van der Waals surface area contributed by atoms with E-state index in [1.165, 1.54) is 0 Å². The molecule has 102 valence electrons. The summed E-state index contributed by atoms with van der Waals surface area (Å²) in [6.07, 6.45) is 8.56. The highest BCUT2D eigenvalue weighted by Crippen LogP contribution is 2.11. The quantitative estimate of drug-likeness (QED) is 0.725. The van der Waals surface area contributed by atoms with E-state index < -0.39 is 0 Å². The molecule has 1 atom stereocenters. The van der Waals surface area contributed by atoms with Crippen molar-refractivity contribution in [3.8, 4) is 12.3 Å². The molecule has 0 saturated carbocycles. The lowest BCUT2D eigenvalue weighted by Gasteiger charge is -2.33. The van der Waals surface area contributed by atoms with Crippen LogP contribution in [0.25, 0.3) is 0 Å². The third-order valence-corrected chi connectivity index (χ3v) is 3.49. The van der Waals surface area contributed by atoms with Gasteiger partial charge in [0.25, 0.3) is 0 Å². The largest absolute Gasteiger partial charge is 0.348 e. The van der Waals surface area contributed by atoms with Gasteiger partial charge >= 0.3 is 0 Å². The first-order chi connectivity index (χ1) is 8.56.